The fourth-order valence-electron chi connectivity index (χ4n) is 1.60. The standard InChI is InChI=1S/C13H18FNO2/c1-9(2)15(8-10(3)16)13(17)11-5-4-6-12(14)7-11/h4-7,9-10,16H,8H2,1-3H3. The molecule has 1 unspecified atom stereocenters. The minimum absolute atomic E-state index is 0.0413. The molecule has 0 bridgehead atoms. The fourth-order valence-corrected chi connectivity index (χ4v) is 1.60. The first-order valence-electron chi connectivity index (χ1n) is 5.66. The van der Waals surface area contributed by atoms with Gasteiger partial charge in [0.25, 0.3) is 5.91 Å². The predicted molar refractivity (Wildman–Crippen MR) is 64.3 cm³/mol. The molecule has 0 aliphatic rings. The molecule has 0 saturated heterocycles. The third kappa shape index (κ3) is 3.82. The van der Waals surface area contributed by atoms with E-state index in [1.807, 2.05) is 13.8 Å². The average molecular weight is 239 g/mol. The van der Waals surface area contributed by atoms with Gasteiger partial charge in [0.1, 0.15) is 5.82 Å². The SMILES string of the molecule is CC(O)CN(C(=O)c1cccc(F)c1)C(C)C. The molecule has 0 spiro atoms. The zero-order chi connectivity index (χ0) is 13.0. The maximum Gasteiger partial charge on any atom is 0.254 e. The molecule has 1 amide bonds. The number of hydrogen-bond acceptors (Lipinski definition) is 2. The highest BCUT2D eigenvalue weighted by Crippen LogP contribution is 2.10. The van der Waals surface area contributed by atoms with E-state index in [4.69, 9.17) is 0 Å². The molecule has 1 N–H and O–H groups in total. The van der Waals surface area contributed by atoms with Crippen LogP contribution in [-0.2, 0) is 0 Å². The zero-order valence-corrected chi connectivity index (χ0v) is 10.4. The molecular weight excluding hydrogens is 221 g/mol. The van der Waals surface area contributed by atoms with Crippen LogP contribution in [0.4, 0.5) is 4.39 Å². The van der Waals surface area contributed by atoms with Crippen molar-refractivity contribution in [2.24, 2.45) is 0 Å². The topological polar surface area (TPSA) is 40.5 Å². The summed E-state index contributed by atoms with van der Waals surface area (Å²) in [5, 5.41) is 9.35. The van der Waals surface area contributed by atoms with Crippen LogP contribution in [0, 0.1) is 5.82 Å². The van der Waals surface area contributed by atoms with E-state index in [2.05, 4.69) is 0 Å². The van der Waals surface area contributed by atoms with E-state index in [0.717, 1.165) is 0 Å². The minimum Gasteiger partial charge on any atom is -0.392 e. The second-order valence-electron chi connectivity index (χ2n) is 4.41. The molecule has 0 saturated carbocycles. The van der Waals surface area contributed by atoms with Gasteiger partial charge in [0.2, 0.25) is 0 Å². The van der Waals surface area contributed by atoms with Gasteiger partial charge in [-0.05, 0) is 39.0 Å². The molecule has 4 heteroatoms. The van der Waals surface area contributed by atoms with Gasteiger partial charge in [0.05, 0.1) is 6.10 Å². The summed E-state index contributed by atoms with van der Waals surface area (Å²) in [5.41, 5.74) is 0.305. The van der Waals surface area contributed by atoms with Gasteiger partial charge in [0, 0.05) is 18.2 Å². The maximum atomic E-state index is 13.0. The lowest BCUT2D eigenvalue weighted by atomic mass is 10.1. The number of aliphatic hydroxyl groups excluding tert-OH is 1. The normalized spacial score (nSPS) is 12.6. The fraction of sp³-hybridized carbons (Fsp3) is 0.462. The van der Waals surface area contributed by atoms with Crippen LogP contribution < -0.4 is 0 Å². The van der Waals surface area contributed by atoms with Crippen molar-refractivity contribution >= 4 is 5.91 Å². The number of carbonyl (C=O) groups excluding carboxylic acids is 1. The number of aliphatic hydroxyl groups is 1. The molecule has 0 fully saturated rings. The summed E-state index contributed by atoms with van der Waals surface area (Å²) >= 11 is 0. The molecule has 0 radical (unpaired) electrons. The van der Waals surface area contributed by atoms with Crippen LogP contribution in [0.2, 0.25) is 0 Å². The largest absolute Gasteiger partial charge is 0.392 e. The van der Waals surface area contributed by atoms with Gasteiger partial charge in [-0.1, -0.05) is 6.07 Å². The van der Waals surface area contributed by atoms with Crippen molar-refractivity contribution in [1.82, 2.24) is 4.90 Å². The first-order valence-corrected chi connectivity index (χ1v) is 5.66. The van der Waals surface area contributed by atoms with Gasteiger partial charge < -0.3 is 10.0 Å². The summed E-state index contributed by atoms with van der Waals surface area (Å²) in [4.78, 5) is 13.6. The van der Waals surface area contributed by atoms with Crippen LogP contribution in [-0.4, -0.2) is 34.6 Å². The Bertz CT molecular complexity index is 391. The van der Waals surface area contributed by atoms with Gasteiger partial charge in [-0.2, -0.15) is 0 Å². The van der Waals surface area contributed by atoms with Crippen LogP contribution >= 0.6 is 0 Å². The third-order valence-corrected chi connectivity index (χ3v) is 2.42. The molecule has 94 valence electrons. The number of benzene rings is 1. The molecule has 0 heterocycles. The summed E-state index contributed by atoms with van der Waals surface area (Å²) in [6.07, 6.45) is -0.602. The molecule has 0 aliphatic heterocycles. The van der Waals surface area contributed by atoms with E-state index < -0.39 is 11.9 Å². The van der Waals surface area contributed by atoms with Crippen LogP contribution in [0.3, 0.4) is 0 Å². The summed E-state index contributed by atoms with van der Waals surface area (Å²) in [5.74, 6) is -0.697. The third-order valence-electron chi connectivity index (χ3n) is 2.42. The Kier molecular flexibility index (Phi) is 4.63. The van der Waals surface area contributed by atoms with Crippen molar-refractivity contribution in [2.75, 3.05) is 6.54 Å². The summed E-state index contributed by atoms with van der Waals surface area (Å²) in [6.45, 7) is 5.58. The number of carbonyl (C=O) groups is 1. The van der Waals surface area contributed by atoms with E-state index >= 15 is 0 Å². The Morgan fingerprint density at radius 1 is 1.41 bits per heavy atom. The van der Waals surface area contributed by atoms with Crippen LogP contribution in [0.25, 0.3) is 0 Å². The Hall–Kier alpha value is -1.42. The molecule has 17 heavy (non-hydrogen) atoms. The van der Waals surface area contributed by atoms with Gasteiger partial charge in [-0.3, -0.25) is 4.79 Å². The van der Waals surface area contributed by atoms with Crippen LogP contribution in [0.5, 0.6) is 0 Å². The number of halogens is 1. The second-order valence-corrected chi connectivity index (χ2v) is 4.41. The van der Waals surface area contributed by atoms with Crippen molar-refractivity contribution in [1.29, 1.82) is 0 Å². The highest BCUT2D eigenvalue weighted by molar-refractivity contribution is 5.94. The van der Waals surface area contributed by atoms with Crippen molar-refractivity contribution in [2.45, 2.75) is 32.9 Å². The Labute approximate surface area is 101 Å². The highest BCUT2D eigenvalue weighted by atomic mass is 19.1. The van der Waals surface area contributed by atoms with Crippen LogP contribution in [0.1, 0.15) is 31.1 Å². The molecule has 0 aliphatic carbocycles. The molecular formula is C13H18FNO2. The molecule has 1 rings (SSSR count). The zero-order valence-electron chi connectivity index (χ0n) is 10.4. The monoisotopic (exact) mass is 239 g/mol. The minimum atomic E-state index is -0.602. The number of nitrogens with zero attached hydrogens (tertiary/aromatic N) is 1. The number of hydrogen-bond donors (Lipinski definition) is 1. The van der Waals surface area contributed by atoms with E-state index in [9.17, 15) is 14.3 Å². The lowest BCUT2D eigenvalue weighted by Gasteiger charge is -2.28. The van der Waals surface area contributed by atoms with Gasteiger partial charge >= 0.3 is 0 Å². The second kappa shape index (κ2) is 5.77. The maximum absolute atomic E-state index is 13.0. The van der Waals surface area contributed by atoms with Crippen molar-refractivity contribution in [3.63, 3.8) is 0 Å². The highest BCUT2D eigenvalue weighted by Gasteiger charge is 2.20. The summed E-state index contributed by atoms with van der Waals surface area (Å²) in [6, 6.07) is 5.54. The van der Waals surface area contributed by atoms with Crippen molar-refractivity contribution in [3.8, 4) is 0 Å². The van der Waals surface area contributed by atoms with Crippen molar-refractivity contribution < 1.29 is 14.3 Å². The molecule has 1 aromatic carbocycles. The van der Waals surface area contributed by atoms with Gasteiger partial charge in [-0.15, -0.1) is 0 Å². The first kappa shape index (κ1) is 13.6. The quantitative estimate of drug-likeness (QED) is 0.873. The van der Waals surface area contributed by atoms with E-state index in [-0.39, 0.29) is 18.5 Å². The van der Waals surface area contributed by atoms with Crippen molar-refractivity contribution in [3.05, 3.63) is 35.6 Å². The molecule has 1 aromatic rings. The lowest BCUT2D eigenvalue weighted by molar-refractivity contribution is 0.0578. The molecule has 1 atom stereocenters. The van der Waals surface area contributed by atoms with Gasteiger partial charge in [0.15, 0.2) is 0 Å². The van der Waals surface area contributed by atoms with E-state index in [1.54, 1.807) is 13.0 Å². The molecule has 0 aromatic heterocycles. The smallest absolute Gasteiger partial charge is 0.254 e. The Balaban J connectivity index is 2.92. The Morgan fingerprint density at radius 3 is 2.53 bits per heavy atom. The number of rotatable bonds is 4. The van der Waals surface area contributed by atoms with Gasteiger partial charge in [-0.25, -0.2) is 4.39 Å². The van der Waals surface area contributed by atoms with E-state index in [1.165, 1.54) is 23.1 Å². The average Bonchev–Trinajstić information content (AvgIpc) is 2.24. The summed E-state index contributed by atoms with van der Waals surface area (Å²) < 4.78 is 13.0. The van der Waals surface area contributed by atoms with E-state index in [0.29, 0.717) is 5.56 Å². The Morgan fingerprint density at radius 2 is 2.06 bits per heavy atom. The predicted octanol–water partition coefficient (Wildman–Crippen LogP) is 2.06. The summed E-state index contributed by atoms with van der Waals surface area (Å²) in [7, 11) is 0. The number of amides is 1. The lowest BCUT2D eigenvalue weighted by Crippen LogP contribution is -2.41. The molecule has 3 nitrogen and oxygen atoms in total. The van der Waals surface area contributed by atoms with Crippen LogP contribution in [0.15, 0.2) is 24.3 Å². The first-order chi connectivity index (χ1) is 7.91.